The van der Waals surface area contributed by atoms with Crippen molar-refractivity contribution in [3.63, 3.8) is 0 Å². The van der Waals surface area contributed by atoms with Gasteiger partial charge in [-0.25, -0.2) is 0 Å². The summed E-state index contributed by atoms with van der Waals surface area (Å²) < 4.78 is 2.48. The summed E-state index contributed by atoms with van der Waals surface area (Å²) in [5.41, 5.74) is 11.1. The summed E-state index contributed by atoms with van der Waals surface area (Å²) in [6.45, 7) is 4.73. The molecule has 10 rings (SSSR count). The molecule has 9 aromatic rings. The Morgan fingerprint density at radius 1 is 0.457 bits per heavy atom. The number of rotatable bonds is 2. The summed E-state index contributed by atoms with van der Waals surface area (Å²) in [6.07, 6.45) is 1.87. The third kappa shape index (κ3) is 3.39. The second-order valence-corrected chi connectivity index (χ2v) is 13.2. The van der Waals surface area contributed by atoms with Gasteiger partial charge in [0.05, 0.1) is 16.7 Å². The minimum absolute atomic E-state index is 0.0843. The summed E-state index contributed by atoms with van der Waals surface area (Å²) in [6, 6.07) is 51.5. The summed E-state index contributed by atoms with van der Waals surface area (Å²) in [7, 11) is 0. The van der Waals surface area contributed by atoms with Crippen molar-refractivity contribution in [2.45, 2.75) is 19.3 Å². The van der Waals surface area contributed by atoms with Gasteiger partial charge in [0.15, 0.2) is 0 Å². The molecule has 0 saturated heterocycles. The summed E-state index contributed by atoms with van der Waals surface area (Å²) in [4.78, 5) is 4.69. The van der Waals surface area contributed by atoms with E-state index in [0.717, 1.165) is 11.3 Å². The molecule has 0 N–H and O–H groups in total. The van der Waals surface area contributed by atoms with Crippen LogP contribution in [0, 0.1) is 0 Å². The van der Waals surface area contributed by atoms with Crippen LogP contribution in [0.5, 0.6) is 0 Å². The molecule has 0 fully saturated rings. The number of hydrogen-bond donors (Lipinski definition) is 0. The van der Waals surface area contributed by atoms with Crippen LogP contribution in [0.2, 0.25) is 0 Å². The second-order valence-electron chi connectivity index (χ2n) is 13.2. The van der Waals surface area contributed by atoms with Crippen LogP contribution in [0.25, 0.3) is 82.2 Å². The molecule has 0 aliphatic heterocycles. The van der Waals surface area contributed by atoms with Gasteiger partial charge in [-0.3, -0.25) is 4.98 Å². The first-order valence-corrected chi connectivity index (χ1v) is 16.1. The van der Waals surface area contributed by atoms with Crippen molar-refractivity contribution in [1.82, 2.24) is 9.55 Å². The van der Waals surface area contributed by atoms with E-state index in [4.69, 9.17) is 0 Å². The molecule has 2 heteroatoms. The van der Waals surface area contributed by atoms with Crippen LogP contribution >= 0.6 is 0 Å². The number of aromatic nitrogens is 2. The molecule has 0 spiro atoms. The summed E-state index contributed by atoms with van der Waals surface area (Å²) >= 11 is 0. The van der Waals surface area contributed by atoms with Gasteiger partial charge in [-0.2, -0.15) is 0 Å². The fraction of sp³-hybridized carbons (Fsp3) is 0.0682. The monoisotopic (exact) mass is 586 g/mol. The SMILES string of the molecule is CC1(C)c2ccccc2-c2cc3c4cc(-c5ccccn5)ccc4n(-c4ccc5c6ccccc6c6ccccc6c5c4)c3cc21. The number of hydrogen-bond acceptors (Lipinski definition) is 1. The van der Waals surface area contributed by atoms with Crippen LogP contribution in [0.4, 0.5) is 0 Å². The van der Waals surface area contributed by atoms with Crippen LogP contribution in [-0.2, 0) is 5.41 Å². The third-order valence-corrected chi connectivity index (χ3v) is 10.4. The molecule has 216 valence electrons. The van der Waals surface area contributed by atoms with Gasteiger partial charge in [-0.15, -0.1) is 0 Å². The van der Waals surface area contributed by atoms with Crippen LogP contribution in [0.15, 0.2) is 146 Å². The fourth-order valence-electron chi connectivity index (χ4n) is 8.22. The van der Waals surface area contributed by atoms with E-state index in [-0.39, 0.29) is 5.41 Å². The van der Waals surface area contributed by atoms with Crippen molar-refractivity contribution in [2.24, 2.45) is 0 Å². The van der Waals surface area contributed by atoms with Gasteiger partial charge in [0.2, 0.25) is 0 Å². The Bertz CT molecular complexity index is 2680. The topological polar surface area (TPSA) is 17.8 Å². The van der Waals surface area contributed by atoms with Crippen molar-refractivity contribution >= 4 is 54.1 Å². The number of fused-ring (bicyclic) bond motifs is 12. The van der Waals surface area contributed by atoms with E-state index in [0.29, 0.717) is 0 Å². The molecule has 0 atom stereocenters. The molecule has 0 amide bonds. The van der Waals surface area contributed by atoms with Crippen LogP contribution in [-0.4, -0.2) is 9.55 Å². The van der Waals surface area contributed by atoms with Crippen molar-refractivity contribution in [1.29, 1.82) is 0 Å². The van der Waals surface area contributed by atoms with E-state index >= 15 is 0 Å². The molecule has 0 radical (unpaired) electrons. The highest BCUT2D eigenvalue weighted by Crippen LogP contribution is 2.51. The zero-order valence-electron chi connectivity index (χ0n) is 25.8. The average molecular weight is 587 g/mol. The minimum atomic E-state index is -0.0843. The standard InChI is InChI=1S/C44H30N2/c1-44(2)39-16-8-7-15-34(39)36-25-38-37-23-27(41-17-9-10-22-45-41)18-21-42(37)46(43(38)26-40(36)44)28-19-20-33-31-13-4-3-11-29(31)30-12-5-6-14-32(30)35(33)24-28/h3-26H,1-2H3. The predicted octanol–water partition coefficient (Wildman–Crippen LogP) is 11.6. The second kappa shape index (κ2) is 9.15. The van der Waals surface area contributed by atoms with Gasteiger partial charge in [0.25, 0.3) is 0 Å². The van der Waals surface area contributed by atoms with Gasteiger partial charge in [-0.05, 0) is 103 Å². The molecule has 0 bridgehead atoms. The maximum absolute atomic E-state index is 4.69. The highest BCUT2D eigenvalue weighted by molar-refractivity contribution is 6.25. The molecule has 0 unspecified atom stereocenters. The molecule has 1 aliphatic carbocycles. The Morgan fingerprint density at radius 3 is 1.85 bits per heavy atom. The lowest BCUT2D eigenvalue weighted by molar-refractivity contribution is 0.661. The maximum Gasteiger partial charge on any atom is 0.0702 e. The van der Waals surface area contributed by atoms with Crippen LogP contribution < -0.4 is 0 Å². The normalized spacial score (nSPS) is 13.6. The summed E-state index contributed by atoms with van der Waals surface area (Å²) in [5.74, 6) is 0. The first-order chi connectivity index (χ1) is 22.6. The number of pyridine rings is 1. The maximum atomic E-state index is 4.69. The molecular formula is C44H30N2. The van der Waals surface area contributed by atoms with E-state index in [1.54, 1.807) is 0 Å². The Balaban J connectivity index is 1.32. The van der Waals surface area contributed by atoms with E-state index < -0.39 is 0 Å². The van der Waals surface area contributed by atoms with Crippen molar-refractivity contribution < 1.29 is 0 Å². The van der Waals surface area contributed by atoms with E-state index in [9.17, 15) is 0 Å². The Kier molecular flexibility index (Phi) is 5.09. The van der Waals surface area contributed by atoms with Crippen LogP contribution in [0.3, 0.4) is 0 Å². The largest absolute Gasteiger partial charge is 0.309 e. The lowest BCUT2D eigenvalue weighted by Gasteiger charge is -2.21. The van der Waals surface area contributed by atoms with Gasteiger partial charge in [0.1, 0.15) is 0 Å². The lowest BCUT2D eigenvalue weighted by atomic mass is 9.82. The highest BCUT2D eigenvalue weighted by atomic mass is 15.0. The van der Waals surface area contributed by atoms with Crippen molar-refractivity contribution in [3.05, 3.63) is 157 Å². The van der Waals surface area contributed by atoms with Crippen LogP contribution in [0.1, 0.15) is 25.0 Å². The van der Waals surface area contributed by atoms with E-state index in [1.165, 1.54) is 82.1 Å². The zero-order chi connectivity index (χ0) is 30.6. The number of nitrogens with zero attached hydrogens (tertiary/aromatic N) is 2. The Morgan fingerprint density at radius 2 is 1.11 bits per heavy atom. The van der Waals surface area contributed by atoms with Gasteiger partial charge >= 0.3 is 0 Å². The fourth-order valence-corrected chi connectivity index (χ4v) is 8.22. The molecular weight excluding hydrogens is 556 g/mol. The van der Waals surface area contributed by atoms with Gasteiger partial charge in [0, 0.05) is 33.6 Å². The average Bonchev–Trinajstić information content (AvgIpc) is 3.55. The summed E-state index contributed by atoms with van der Waals surface area (Å²) in [5, 5.41) is 10.2. The quantitative estimate of drug-likeness (QED) is 0.184. The zero-order valence-corrected chi connectivity index (χ0v) is 25.8. The third-order valence-electron chi connectivity index (χ3n) is 10.4. The smallest absolute Gasteiger partial charge is 0.0702 e. The molecule has 2 aromatic heterocycles. The predicted molar refractivity (Wildman–Crippen MR) is 194 cm³/mol. The molecule has 2 heterocycles. The van der Waals surface area contributed by atoms with E-state index in [2.05, 4.69) is 157 Å². The number of benzene rings is 7. The Hall–Kier alpha value is -5.73. The highest BCUT2D eigenvalue weighted by Gasteiger charge is 2.36. The van der Waals surface area contributed by atoms with Gasteiger partial charge in [-0.1, -0.05) is 105 Å². The van der Waals surface area contributed by atoms with Crippen molar-refractivity contribution in [2.75, 3.05) is 0 Å². The lowest BCUT2D eigenvalue weighted by Crippen LogP contribution is -2.14. The molecule has 7 aromatic carbocycles. The molecule has 46 heavy (non-hydrogen) atoms. The van der Waals surface area contributed by atoms with Gasteiger partial charge < -0.3 is 4.57 Å². The molecule has 0 saturated carbocycles. The molecule has 2 nitrogen and oxygen atoms in total. The Labute approximate surface area is 267 Å². The molecule has 1 aliphatic rings. The van der Waals surface area contributed by atoms with Crippen molar-refractivity contribution in [3.8, 4) is 28.1 Å². The first kappa shape index (κ1) is 25.6. The first-order valence-electron chi connectivity index (χ1n) is 16.1. The van der Waals surface area contributed by atoms with E-state index in [1.807, 2.05) is 12.3 Å². The minimum Gasteiger partial charge on any atom is -0.309 e.